The molecule has 6 heteroatoms. The zero-order chi connectivity index (χ0) is 14.9. The number of amides is 1. The summed E-state index contributed by atoms with van der Waals surface area (Å²) in [6.07, 6.45) is -0.466. The minimum Gasteiger partial charge on any atom is -0.444 e. The minimum absolute atomic E-state index is 0.278. The van der Waals surface area contributed by atoms with Gasteiger partial charge in [0.15, 0.2) is 0 Å². The maximum Gasteiger partial charge on any atom is 0.408 e. The molecule has 0 unspecified atom stereocenters. The van der Waals surface area contributed by atoms with Crippen molar-refractivity contribution in [3.63, 3.8) is 0 Å². The third-order valence-corrected chi connectivity index (χ3v) is 3.02. The summed E-state index contributed by atoms with van der Waals surface area (Å²) in [7, 11) is 0. The zero-order valence-electron chi connectivity index (χ0n) is 12.0. The molecule has 108 valence electrons. The molecule has 0 saturated heterocycles. The van der Waals surface area contributed by atoms with Crippen molar-refractivity contribution in [1.29, 1.82) is 0 Å². The van der Waals surface area contributed by atoms with Gasteiger partial charge in [0.25, 0.3) is 0 Å². The molecule has 0 saturated carbocycles. The van der Waals surface area contributed by atoms with Gasteiger partial charge in [-0.05, 0) is 45.4 Å². The van der Waals surface area contributed by atoms with E-state index in [0.29, 0.717) is 10.8 Å². The molecule has 2 rings (SSSR count). The van der Waals surface area contributed by atoms with Gasteiger partial charge < -0.3 is 15.0 Å². The van der Waals surface area contributed by atoms with Crippen LogP contribution < -0.4 is 5.32 Å². The molecule has 0 atom stereocenters. The zero-order valence-corrected chi connectivity index (χ0v) is 12.8. The number of imidazole rings is 1. The Morgan fingerprint density at radius 1 is 1.45 bits per heavy atom. The number of carbonyl (C=O) groups is 1. The molecule has 5 nitrogen and oxygen atoms in total. The summed E-state index contributed by atoms with van der Waals surface area (Å²) in [4.78, 5) is 19.1. The fourth-order valence-electron chi connectivity index (χ4n) is 1.75. The van der Waals surface area contributed by atoms with Crippen molar-refractivity contribution in [2.24, 2.45) is 0 Å². The highest BCUT2D eigenvalue weighted by Gasteiger charge is 2.16. The molecule has 0 aliphatic heterocycles. The van der Waals surface area contributed by atoms with Gasteiger partial charge in [0.2, 0.25) is 0 Å². The number of ether oxygens (including phenoxy) is 1. The lowest BCUT2D eigenvalue weighted by molar-refractivity contribution is 0.0522. The number of aromatic nitrogens is 2. The number of hydrogen-bond donors (Lipinski definition) is 2. The van der Waals surface area contributed by atoms with E-state index >= 15 is 0 Å². The van der Waals surface area contributed by atoms with Crippen molar-refractivity contribution in [2.45, 2.75) is 39.8 Å². The van der Waals surface area contributed by atoms with Gasteiger partial charge in [-0.1, -0.05) is 11.6 Å². The van der Waals surface area contributed by atoms with Crippen molar-refractivity contribution in [1.82, 2.24) is 15.3 Å². The highest BCUT2D eigenvalue weighted by Crippen LogP contribution is 2.21. The number of halogens is 1. The molecule has 0 fully saturated rings. The Morgan fingerprint density at radius 3 is 2.80 bits per heavy atom. The number of hydrogen-bond acceptors (Lipinski definition) is 3. The lowest BCUT2D eigenvalue weighted by atomic mass is 10.2. The van der Waals surface area contributed by atoms with Gasteiger partial charge in [-0.3, -0.25) is 0 Å². The molecule has 0 spiro atoms. The van der Waals surface area contributed by atoms with E-state index in [9.17, 15) is 4.79 Å². The van der Waals surface area contributed by atoms with Gasteiger partial charge in [0.1, 0.15) is 11.4 Å². The van der Waals surface area contributed by atoms with E-state index in [1.165, 1.54) is 0 Å². The highest BCUT2D eigenvalue weighted by atomic mass is 35.5. The molecule has 0 aliphatic rings. The fraction of sp³-hybridized carbons (Fsp3) is 0.429. The number of rotatable bonds is 2. The molecule has 0 bridgehead atoms. The Hall–Kier alpha value is -1.75. The Kier molecular flexibility index (Phi) is 3.90. The van der Waals surface area contributed by atoms with Crippen molar-refractivity contribution in [3.05, 3.63) is 28.5 Å². The van der Waals surface area contributed by atoms with Crippen molar-refractivity contribution < 1.29 is 9.53 Å². The lowest BCUT2D eigenvalue weighted by Gasteiger charge is -2.19. The van der Waals surface area contributed by atoms with Gasteiger partial charge in [-0.15, -0.1) is 0 Å². The molecule has 1 aromatic heterocycles. The van der Waals surface area contributed by atoms with E-state index in [1.807, 2.05) is 33.8 Å². The Labute approximate surface area is 122 Å². The van der Waals surface area contributed by atoms with Gasteiger partial charge in [0.05, 0.1) is 17.6 Å². The van der Waals surface area contributed by atoms with E-state index < -0.39 is 11.7 Å². The van der Waals surface area contributed by atoms with Gasteiger partial charge in [0, 0.05) is 5.02 Å². The summed E-state index contributed by atoms with van der Waals surface area (Å²) < 4.78 is 5.16. The average Bonchev–Trinajstić information content (AvgIpc) is 2.67. The first-order valence-corrected chi connectivity index (χ1v) is 6.74. The number of alkyl carbamates (subject to hydrolysis) is 1. The van der Waals surface area contributed by atoms with Gasteiger partial charge >= 0.3 is 6.09 Å². The first-order chi connectivity index (χ1) is 9.24. The van der Waals surface area contributed by atoms with Crippen LogP contribution in [0.15, 0.2) is 12.1 Å². The van der Waals surface area contributed by atoms with Gasteiger partial charge in [-0.25, -0.2) is 9.78 Å². The molecule has 20 heavy (non-hydrogen) atoms. The summed E-state index contributed by atoms with van der Waals surface area (Å²) in [5.74, 6) is 0.660. The molecule has 1 aromatic carbocycles. The van der Waals surface area contributed by atoms with E-state index in [0.717, 1.165) is 16.6 Å². The standard InChI is InChI=1S/C14H18ClN3O2/c1-8-5-10-11(6-9(8)15)18-12(17-10)7-16-13(19)20-14(2,3)4/h5-6H,7H2,1-4H3,(H,16,19)(H,17,18). The average molecular weight is 296 g/mol. The van der Waals surface area contributed by atoms with Crippen LogP contribution in [0.5, 0.6) is 0 Å². The summed E-state index contributed by atoms with van der Waals surface area (Å²) in [5.41, 5.74) is 2.15. The largest absolute Gasteiger partial charge is 0.444 e. The van der Waals surface area contributed by atoms with Crippen molar-refractivity contribution in [2.75, 3.05) is 0 Å². The first-order valence-electron chi connectivity index (χ1n) is 6.36. The molecule has 1 heterocycles. The molecular weight excluding hydrogens is 278 g/mol. The van der Waals surface area contributed by atoms with E-state index in [-0.39, 0.29) is 6.54 Å². The number of nitrogens with zero attached hydrogens (tertiary/aromatic N) is 1. The quantitative estimate of drug-likeness (QED) is 0.890. The summed E-state index contributed by atoms with van der Waals surface area (Å²) >= 11 is 6.05. The summed E-state index contributed by atoms with van der Waals surface area (Å²) in [5, 5.41) is 3.33. The second-order valence-electron chi connectivity index (χ2n) is 5.66. The van der Waals surface area contributed by atoms with Gasteiger partial charge in [-0.2, -0.15) is 0 Å². The third kappa shape index (κ3) is 3.63. The number of H-pyrrole nitrogens is 1. The van der Waals surface area contributed by atoms with Crippen LogP contribution in [-0.2, 0) is 11.3 Å². The van der Waals surface area contributed by atoms with Crippen LogP contribution in [0, 0.1) is 6.92 Å². The monoisotopic (exact) mass is 295 g/mol. The maximum absolute atomic E-state index is 11.6. The lowest BCUT2D eigenvalue weighted by Crippen LogP contribution is -2.32. The second-order valence-corrected chi connectivity index (χ2v) is 6.06. The smallest absolute Gasteiger partial charge is 0.408 e. The SMILES string of the molecule is Cc1cc2[nH]c(CNC(=O)OC(C)(C)C)nc2cc1Cl. The highest BCUT2D eigenvalue weighted by molar-refractivity contribution is 6.32. The normalized spacial score (nSPS) is 11.7. The topological polar surface area (TPSA) is 67.0 Å². The van der Waals surface area contributed by atoms with E-state index in [4.69, 9.17) is 16.3 Å². The summed E-state index contributed by atoms with van der Waals surface area (Å²) in [6, 6.07) is 3.74. The Balaban J connectivity index is 2.05. The maximum atomic E-state index is 11.6. The number of aryl methyl sites for hydroxylation is 1. The molecular formula is C14H18ClN3O2. The molecule has 2 aromatic rings. The minimum atomic E-state index is -0.511. The number of carbonyl (C=O) groups excluding carboxylic acids is 1. The van der Waals surface area contributed by atoms with Crippen molar-refractivity contribution >= 4 is 28.7 Å². The van der Waals surface area contributed by atoms with Crippen LogP contribution in [0.1, 0.15) is 32.2 Å². The number of benzene rings is 1. The van der Waals surface area contributed by atoms with Crippen LogP contribution >= 0.6 is 11.6 Å². The number of aromatic amines is 1. The third-order valence-electron chi connectivity index (χ3n) is 2.61. The second kappa shape index (κ2) is 5.32. The van der Waals surface area contributed by atoms with E-state index in [2.05, 4.69) is 15.3 Å². The van der Waals surface area contributed by atoms with Crippen LogP contribution in [-0.4, -0.2) is 21.7 Å². The van der Waals surface area contributed by atoms with E-state index in [1.54, 1.807) is 6.07 Å². The first kappa shape index (κ1) is 14.7. The molecule has 0 radical (unpaired) electrons. The number of fused-ring (bicyclic) bond motifs is 1. The van der Waals surface area contributed by atoms with Crippen LogP contribution in [0.3, 0.4) is 0 Å². The predicted molar refractivity (Wildman–Crippen MR) is 78.9 cm³/mol. The van der Waals surface area contributed by atoms with Crippen LogP contribution in [0.4, 0.5) is 4.79 Å². The van der Waals surface area contributed by atoms with Crippen LogP contribution in [0.25, 0.3) is 11.0 Å². The molecule has 2 N–H and O–H groups in total. The predicted octanol–water partition coefficient (Wildman–Crippen LogP) is 3.55. The Bertz CT molecular complexity index is 605. The summed E-state index contributed by atoms with van der Waals surface area (Å²) in [6.45, 7) is 7.66. The fourth-order valence-corrected chi connectivity index (χ4v) is 1.90. The Morgan fingerprint density at radius 2 is 2.15 bits per heavy atom. The van der Waals surface area contributed by atoms with Crippen molar-refractivity contribution in [3.8, 4) is 0 Å². The molecule has 0 aliphatic carbocycles. The molecule has 1 amide bonds. The van der Waals surface area contributed by atoms with Crippen LogP contribution in [0.2, 0.25) is 5.02 Å². The number of nitrogens with one attached hydrogen (secondary N) is 2.